The standard InChI is InChI=1S/C13H14N4/c14-7-11-3-4-13-15-8-12(17(13)9-11)10-16-5-1-2-6-16/h3-4,8-9H,1-2,5-6,10H2. The summed E-state index contributed by atoms with van der Waals surface area (Å²) in [5.74, 6) is 0. The molecule has 4 heteroatoms. The van der Waals surface area contributed by atoms with Gasteiger partial charge in [0.15, 0.2) is 0 Å². The van der Waals surface area contributed by atoms with Crippen molar-refractivity contribution in [1.82, 2.24) is 14.3 Å². The van der Waals surface area contributed by atoms with Gasteiger partial charge in [0.25, 0.3) is 0 Å². The summed E-state index contributed by atoms with van der Waals surface area (Å²) in [6.07, 6.45) is 6.36. The highest BCUT2D eigenvalue weighted by atomic mass is 15.2. The molecule has 0 spiro atoms. The fourth-order valence-electron chi connectivity index (χ4n) is 2.38. The molecule has 86 valence electrons. The van der Waals surface area contributed by atoms with Gasteiger partial charge < -0.3 is 4.40 Å². The maximum absolute atomic E-state index is 8.92. The van der Waals surface area contributed by atoms with Gasteiger partial charge in [-0.05, 0) is 38.1 Å². The second-order valence-corrected chi connectivity index (χ2v) is 4.49. The molecule has 0 radical (unpaired) electrons. The van der Waals surface area contributed by atoms with Crippen molar-refractivity contribution in [2.24, 2.45) is 0 Å². The molecule has 0 saturated carbocycles. The molecule has 1 saturated heterocycles. The summed E-state index contributed by atoms with van der Waals surface area (Å²) in [4.78, 5) is 6.80. The monoisotopic (exact) mass is 226 g/mol. The normalized spacial score (nSPS) is 16.4. The zero-order valence-corrected chi connectivity index (χ0v) is 9.63. The number of rotatable bonds is 2. The Morgan fingerprint density at radius 2 is 2.12 bits per heavy atom. The molecule has 0 bridgehead atoms. The molecule has 2 aromatic heterocycles. The van der Waals surface area contributed by atoms with Gasteiger partial charge in [-0.15, -0.1) is 0 Å². The molecule has 1 aliphatic heterocycles. The average Bonchev–Trinajstić information content (AvgIpc) is 2.99. The number of hydrogen-bond donors (Lipinski definition) is 0. The van der Waals surface area contributed by atoms with Gasteiger partial charge in [-0.2, -0.15) is 5.26 Å². The van der Waals surface area contributed by atoms with E-state index in [-0.39, 0.29) is 0 Å². The Morgan fingerprint density at radius 3 is 2.88 bits per heavy atom. The van der Waals surface area contributed by atoms with E-state index in [0.29, 0.717) is 5.56 Å². The Morgan fingerprint density at radius 1 is 1.29 bits per heavy atom. The van der Waals surface area contributed by atoms with Crippen LogP contribution in [0, 0.1) is 11.3 Å². The highest BCUT2D eigenvalue weighted by molar-refractivity contribution is 5.44. The molecular weight excluding hydrogens is 212 g/mol. The molecule has 0 aliphatic carbocycles. The number of nitriles is 1. The molecule has 17 heavy (non-hydrogen) atoms. The summed E-state index contributed by atoms with van der Waals surface area (Å²) in [7, 11) is 0. The van der Waals surface area contributed by atoms with Crippen LogP contribution in [0.1, 0.15) is 24.1 Å². The Kier molecular flexibility index (Phi) is 2.54. The quantitative estimate of drug-likeness (QED) is 0.784. The molecular formula is C13H14N4. The van der Waals surface area contributed by atoms with E-state index < -0.39 is 0 Å². The first-order chi connectivity index (χ1) is 8.36. The molecule has 0 atom stereocenters. The Balaban J connectivity index is 1.95. The van der Waals surface area contributed by atoms with Crippen LogP contribution in [0.5, 0.6) is 0 Å². The smallest absolute Gasteiger partial charge is 0.137 e. The van der Waals surface area contributed by atoms with Crippen LogP contribution < -0.4 is 0 Å². The second kappa shape index (κ2) is 4.19. The third kappa shape index (κ3) is 1.90. The predicted octanol–water partition coefficient (Wildman–Crippen LogP) is 1.80. The van der Waals surface area contributed by atoms with Crippen LogP contribution in [-0.2, 0) is 6.54 Å². The fraction of sp³-hybridized carbons (Fsp3) is 0.385. The van der Waals surface area contributed by atoms with Gasteiger partial charge in [-0.3, -0.25) is 4.90 Å². The fourth-order valence-corrected chi connectivity index (χ4v) is 2.38. The first-order valence-electron chi connectivity index (χ1n) is 5.95. The van der Waals surface area contributed by atoms with E-state index in [2.05, 4.69) is 16.0 Å². The number of imidazole rings is 1. The number of aromatic nitrogens is 2. The summed E-state index contributed by atoms with van der Waals surface area (Å²) in [5, 5.41) is 8.92. The summed E-state index contributed by atoms with van der Waals surface area (Å²) < 4.78 is 2.02. The molecule has 2 aromatic rings. The van der Waals surface area contributed by atoms with Crippen molar-refractivity contribution < 1.29 is 0 Å². The van der Waals surface area contributed by atoms with E-state index in [1.165, 1.54) is 31.6 Å². The minimum Gasteiger partial charge on any atom is -0.301 e. The lowest BCUT2D eigenvalue weighted by Crippen LogP contribution is -2.19. The Labute approximate surface area is 100 Å². The maximum Gasteiger partial charge on any atom is 0.137 e. The van der Waals surface area contributed by atoms with Crippen molar-refractivity contribution in [1.29, 1.82) is 5.26 Å². The van der Waals surface area contributed by atoms with Gasteiger partial charge in [0.1, 0.15) is 11.7 Å². The van der Waals surface area contributed by atoms with Crippen molar-refractivity contribution in [3.05, 3.63) is 35.8 Å². The number of fused-ring (bicyclic) bond motifs is 1. The highest BCUT2D eigenvalue weighted by Crippen LogP contribution is 2.14. The average molecular weight is 226 g/mol. The number of hydrogen-bond acceptors (Lipinski definition) is 3. The zero-order valence-electron chi connectivity index (χ0n) is 9.63. The Hall–Kier alpha value is -1.86. The second-order valence-electron chi connectivity index (χ2n) is 4.49. The van der Waals surface area contributed by atoms with Crippen molar-refractivity contribution >= 4 is 5.65 Å². The van der Waals surface area contributed by atoms with Crippen LogP contribution in [0.2, 0.25) is 0 Å². The SMILES string of the molecule is N#Cc1ccc2ncc(CN3CCCC3)n2c1. The predicted molar refractivity (Wildman–Crippen MR) is 64.4 cm³/mol. The number of nitrogens with zero attached hydrogens (tertiary/aromatic N) is 4. The number of pyridine rings is 1. The van der Waals surface area contributed by atoms with Gasteiger partial charge in [-0.1, -0.05) is 0 Å². The van der Waals surface area contributed by atoms with Gasteiger partial charge in [0.05, 0.1) is 17.5 Å². The van der Waals surface area contributed by atoms with E-state index in [0.717, 1.165) is 12.2 Å². The largest absolute Gasteiger partial charge is 0.301 e. The molecule has 0 amide bonds. The van der Waals surface area contributed by atoms with Gasteiger partial charge in [0, 0.05) is 12.7 Å². The minimum absolute atomic E-state index is 0.679. The van der Waals surface area contributed by atoms with E-state index >= 15 is 0 Å². The molecule has 0 N–H and O–H groups in total. The van der Waals surface area contributed by atoms with Crippen molar-refractivity contribution in [3.63, 3.8) is 0 Å². The lowest BCUT2D eigenvalue weighted by molar-refractivity contribution is 0.326. The molecule has 1 fully saturated rings. The first kappa shape index (κ1) is 10.3. The minimum atomic E-state index is 0.679. The lowest BCUT2D eigenvalue weighted by Gasteiger charge is -2.13. The van der Waals surface area contributed by atoms with Crippen LogP contribution in [-0.4, -0.2) is 27.4 Å². The van der Waals surface area contributed by atoms with Gasteiger partial charge in [0.2, 0.25) is 0 Å². The molecule has 4 nitrogen and oxygen atoms in total. The van der Waals surface area contributed by atoms with Crippen LogP contribution >= 0.6 is 0 Å². The van der Waals surface area contributed by atoms with Gasteiger partial charge >= 0.3 is 0 Å². The van der Waals surface area contributed by atoms with Crippen LogP contribution in [0.25, 0.3) is 5.65 Å². The number of likely N-dealkylation sites (tertiary alicyclic amines) is 1. The third-order valence-electron chi connectivity index (χ3n) is 3.30. The Bertz CT molecular complexity index is 573. The van der Waals surface area contributed by atoms with Crippen molar-refractivity contribution in [2.75, 3.05) is 13.1 Å². The summed E-state index contributed by atoms with van der Waals surface area (Å²) in [6, 6.07) is 5.87. The van der Waals surface area contributed by atoms with Crippen LogP contribution in [0.3, 0.4) is 0 Å². The summed E-state index contributed by atoms with van der Waals surface area (Å²) in [5.41, 5.74) is 2.76. The van der Waals surface area contributed by atoms with E-state index in [4.69, 9.17) is 5.26 Å². The molecule has 0 unspecified atom stereocenters. The van der Waals surface area contributed by atoms with Crippen LogP contribution in [0.4, 0.5) is 0 Å². The van der Waals surface area contributed by atoms with Crippen molar-refractivity contribution in [3.8, 4) is 6.07 Å². The summed E-state index contributed by atoms with van der Waals surface area (Å²) >= 11 is 0. The van der Waals surface area contributed by atoms with Crippen molar-refractivity contribution in [2.45, 2.75) is 19.4 Å². The zero-order chi connectivity index (χ0) is 11.7. The first-order valence-corrected chi connectivity index (χ1v) is 5.95. The topological polar surface area (TPSA) is 44.3 Å². The van der Waals surface area contributed by atoms with E-state index in [1.54, 1.807) is 0 Å². The van der Waals surface area contributed by atoms with E-state index in [1.807, 2.05) is 28.9 Å². The molecule has 1 aliphatic rings. The highest BCUT2D eigenvalue weighted by Gasteiger charge is 2.14. The summed E-state index contributed by atoms with van der Waals surface area (Å²) in [6.45, 7) is 3.27. The van der Waals surface area contributed by atoms with Crippen LogP contribution in [0.15, 0.2) is 24.5 Å². The lowest BCUT2D eigenvalue weighted by atomic mass is 10.3. The van der Waals surface area contributed by atoms with Gasteiger partial charge in [-0.25, -0.2) is 4.98 Å². The molecule has 3 heterocycles. The third-order valence-corrected chi connectivity index (χ3v) is 3.30. The molecule has 0 aromatic carbocycles. The maximum atomic E-state index is 8.92. The van der Waals surface area contributed by atoms with E-state index in [9.17, 15) is 0 Å². The molecule has 3 rings (SSSR count).